The van der Waals surface area contributed by atoms with Crippen molar-refractivity contribution < 1.29 is 14.7 Å². The van der Waals surface area contributed by atoms with Crippen molar-refractivity contribution in [3.63, 3.8) is 0 Å². The van der Waals surface area contributed by atoms with E-state index in [4.69, 9.17) is 16.6 Å². The first-order valence-electron chi connectivity index (χ1n) is 10.3. The number of pyridine rings is 1. The summed E-state index contributed by atoms with van der Waals surface area (Å²) in [5.41, 5.74) is 1.67. The van der Waals surface area contributed by atoms with Gasteiger partial charge in [-0.1, -0.05) is 31.5 Å². The maximum Gasteiger partial charge on any atom is 0.336 e. The van der Waals surface area contributed by atoms with Gasteiger partial charge in [-0.25, -0.2) is 9.78 Å². The number of carboxylic acid groups (broad SMARTS) is 1. The minimum absolute atomic E-state index is 0.171. The fraction of sp³-hybridized carbons (Fsp3) is 0.292. The van der Waals surface area contributed by atoms with E-state index in [0.717, 1.165) is 19.5 Å². The topological polar surface area (TPSA) is 82.5 Å². The monoisotopic (exact) mass is 437 g/mol. The highest BCUT2D eigenvalue weighted by molar-refractivity contribution is 6.31. The third kappa shape index (κ3) is 4.64. The van der Waals surface area contributed by atoms with E-state index in [0.29, 0.717) is 44.8 Å². The van der Waals surface area contributed by atoms with Gasteiger partial charge in [-0.05, 0) is 60.7 Å². The number of amides is 1. The van der Waals surface area contributed by atoms with Crippen LogP contribution in [0.4, 0.5) is 11.5 Å². The molecule has 2 N–H and O–H groups in total. The van der Waals surface area contributed by atoms with E-state index in [1.165, 1.54) is 0 Å². The Bertz CT molecular complexity index is 1150. The molecule has 0 aliphatic carbocycles. The number of carbonyl (C=O) groups is 2. The normalized spacial score (nSPS) is 18.7. The lowest BCUT2D eigenvalue weighted by Crippen LogP contribution is -2.39. The van der Waals surface area contributed by atoms with E-state index in [2.05, 4.69) is 24.1 Å². The summed E-state index contributed by atoms with van der Waals surface area (Å²) in [4.78, 5) is 31.5. The smallest absolute Gasteiger partial charge is 0.336 e. The first-order valence-corrected chi connectivity index (χ1v) is 10.7. The molecule has 2 heterocycles. The van der Waals surface area contributed by atoms with Crippen molar-refractivity contribution in [2.24, 2.45) is 11.8 Å². The quantitative estimate of drug-likeness (QED) is 0.577. The second-order valence-corrected chi connectivity index (χ2v) is 8.82. The van der Waals surface area contributed by atoms with Crippen LogP contribution in [-0.2, 0) is 0 Å². The van der Waals surface area contributed by atoms with Crippen molar-refractivity contribution in [3.05, 3.63) is 64.7 Å². The average Bonchev–Trinajstić information content (AvgIpc) is 2.72. The zero-order valence-corrected chi connectivity index (χ0v) is 18.2. The van der Waals surface area contributed by atoms with Crippen molar-refractivity contribution >= 4 is 45.9 Å². The largest absolute Gasteiger partial charge is 0.478 e. The summed E-state index contributed by atoms with van der Waals surface area (Å²) in [6, 6.07) is 13.4. The molecule has 1 amide bonds. The number of hydrogen-bond acceptors (Lipinski definition) is 4. The van der Waals surface area contributed by atoms with Crippen LogP contribution in [0.2, 0.25) is 5.02 Å². The number of carboxylic acids is 1. The standard InChI is InChI=1S/C24H24ClN3O3/c1-14-8-15(2)13-28(12-14)22-11-20(24(30)31)19-10-18(6-7-21(19)27-22)26-23(29)16-4-3-5-17(25)9-16/h3-7,9-11,14-15H,8,12-13H2,1-2H3,(H,26,29)(H,30,31). The van der Waals surface area contributed by atoms with Crippen LogP contribution in [-0.4, -0.2) is 35.1 Å². The van der Waals surface area contributed by atoms with Crippen LogP contribution in [0.25, 0.3) is 10.9 Å². The summed E-state index contributed by atoms with van der Waals surface area (Å²) in [6.07, 6.45) is 1.16. The molecule has 0 bridgehead atoms. The van der Waals surface area contributed by atoms with Gasteiger partial charge in [-0.15, -0.1) is 0 Å². The Morgan fingerprint density at radius 3 is 2.52 bits per heavy atom. The maximum absolute atomic E-state index is 12.5. The molecule has 31 heavy (non-hydrogen) atoms. The Morgan fingerprint density at radius 2 is 1.84 bits per heavy atom. The predicted octanol–water partition coefficient (Wildman–Crippen LogP) is 5.32. The second-order valence-electron chi connectivity index (χ2n) is 8.38. The second kappa shape index (κ2) is 8.55. The molecule has 2 unspecified atom stereocenters. The third-order valence-electron chi connectivity index (χ3n) is 5.56. The summed E-state index contributed by atoms with van der Waals surface area (Å²) >= 11 is 5.96. The Kier molecular flexibility index (Phi) is 5.83. The van der Waals surface area contributed by atoms with Gasteiger partial charge in [-0.3, -0.25) is 4.79 Å². The van der Waals surface area contributed by atoms with E-state index in [1.54, 1.807) is 48.5 Å². The summed E-state index contributed by atoms with van der Waals surface area (Å²) in [6.45, 7) is 6.12. The van der Waals surface area contributed by atoms with Crippen molar-refractivity contribution in [2.75, 3.05) is 23.3 Å². The minimum Gasteiger partial charge on any atom is -0.478 e. The van der Waals surface area contributed by atoms with Crippen LogP contribution in [0.5, 0.6) is 0 Å². The maximum atomic E-state index is 12.5. The summed E-state index contributed by atoms with van der Waals surface area (Å²) in [5.74, 6) is 0.390. The first kappa shape index (κ1) is 21.1. The minimum atomic E-state index is -1.02. The third-order valence-corrected chi connectivity index (χ3v) is 5.80. The molecule has 0 radical (unpaired) electrons. The number of hydrogen-bond donors (Lipinski definition) is 2. The lowest BCUT2D eigenvalue weighted by Gasteiger charge is -2.36. The van der Waals surface area contributed by atoms with Gasteiger partial charge < -0.3 is 15.3 Å². The van der Waals surface area contributed by atoms with Gasteiger partial charge in [0.1, 0.15) is 5.82 Å². The fourth-order valence-electron chi connectivity index (χ4n) is 4.31. The number of aromatic carboxylic acids is 1. The molecule has 3 aromatic rings. The van der Waals surface area contributed by atoms with Crippen LogP contribution in [0.15, 0.2) is 48.5 Å². The molecule has 4 rings (SSSR count). The van der Waals surface area contributed by atoms with Gasteiger partial charge in [0.25, 0.3) is 5.91 Å². The number of aromatic nitrogens is 1. The number of halogens is 1. The van der Waals surface area contributed by atoms with Gasteiger partial charge in [0, 0.05) is 34.7 Å². The molecule has 6 nitrogen and oxygen atoms in total. The lowest BCUT2D eigenvalue weighted by atomic mass is 9.92. The Balaban J connectivity index is 1.68. The van der Waals surface area contributed by atoms with E-state index >= 15 is 0 Å². The molecule has 1 aliphatic heterocycles. The molecule has 0 saturated carbocycles. The van der Waals surface area contributed by atoms with Crippen molar-refractivity contribution in [1.29, 1.82) is 0 Å². The summed E-state index contributed by atoms with van der Waals surface area (Å²) in [5, 5.41) is 13.6. The summed E-state index contributed by atoms with van der Waals surface area (Å²) in [7, 11) is 0. The van der Waals surface area contributed by atoms with Crippen LogP contribution in [0.3, 0.4) is 0 Å². The van der Waals surface area contributed by atoms with E-state index < -0.39 is 5.97 Å². The SMILES string of the molecule is CC1CC(C)CN(c2cc(C(=O)O)c3cc(NC(=O)c4cccc(Cl)c4)ccc3n2)C1. The van der Waals surface area contributed by atoms with Crippen molar-refractivity contribution in [2.45, 2.75) is 20.3 Å². The van der Waals surface area contributed by atoms with E-state index in [-0.39, 0.29) is 11.5 Å². The zero-order chi connectivity index (χ0) is 22.1. The van der Waals surface area contributed by atoms with Crippen LogP contribution >= 0.6 is 11.6 Å². The molecule has 0 spiro atoms. The summed E-state index contributed by atoms with van der Waals surface area (Å²) < 4.78 is 0. The molecule has 7 heteroatoms. The molecule has 1 aliphatic rings. The van der Waals surface area contributed by atoms with Crippen LogP contribution < -0.4 is 10.2 Å². The van der Waals surface area contributed by atoms with E-state index in [1.807, 2.05) is 0 Å². The van der Waals surface area contributed by atoms with Crippen molar-refractivity contribution in [1.82, 2.24) is 4.98 Å². The molecule has 1 fully saturated rings. The van der Waals surface area contributed by atoms with Gasteiger partial charge in [0.2, 0.25) is 0 Å². The van der Waals surface area contributed by atoms with Gasteiger partial charge in [0.05, 0.1) is 11.1 Å². The fourth-order valence-corrected chi connectivity index (χ4v) is 4.50. The molecule has 1 aromatic heterocycles. The van der Waals surface area contributed by atoms with Gasteiger partial charge in [0.15, 0.2) is 0 Å². The number of nitrogens with one attached hydrogen (secondary N) is 1. The number of piperidine rings is 1. The molecule has 1 saturated heterocycles. The highest BCUT2D eigenvalue weighted by Gasteiger charge is 2.24. The number of rotatable bonds is 4. The molecule has 2 aromatic carbocycles. The number of fused-ring (bicyclic) bond motifs is 1. The van der Waals surface area contributed by atoms with Gasteiger partial charge >= 0.3 is 5.97 Å². The molecule has 2 atom stereocenters. The predicted molar refractivity (Wildman–Crippen MR) is 123 cm³/mol. The molecular formula is C24H24ClN3O3. The first-order chi connectivity index (χ1) is 14.8. The number of nitrogens with zero attached hydrogens (tertiary/aromatic N) is 2. The van der Waals surface area contributed by atoms with Gasteiger partial charge in [-0.2, -0.15) is 0 Å². The van der Waals surface area contributed by atoms with E-state index in [9.17, 15) is 14.7 Å². The van der Waals surface area contributed by atoms with Crippen LogP contribution in [0, 0.1) is 11.8 Å². The number of carbonyl (C=O) groups excluding carboxylic acids is 1. The van der Waals surface area contributed by atoms with Crippen molar-refractivity contribution in [3.8, 4) is 0 Å². The Morgan fingerprint density at radius 1 is 1.10 bits per heavy atom. The average molecular weight is 438 g/mol. The Labute approximate surface area is 185 Å². The Hall–Kier alpha value is -3.12. The highest BCUT2D eigenvalue weighted by Crippen LogP contribution is 2.30. The van der Waals surface area contributed by atoms with Crippen LogP contribution in [0.1, 0.15) is 41.0 Å². The lowest BCUT2D eigenvalue weighted by molar-refractivity contribution is 0.0698. The number of benzene rings is 2. The highest BCUT2D eigenvalue weighted by atomic mass is 35.5. The molecular weight excluding hydrogens is 414 g/mol. The molecule has 160 valence electrons. The zero-order valence-electron chi connectivity index (χ0n) is 17.4. The number of anilines is 2.